The van der Waals surface area contributed by atoms with Gasteiger partial charge >= 0.3 is 11.9 Å². The molecule has 0 unspecified atom stereocenters. The maximum Gasteiger partial charge on any atom is 0.336 e. The third kappa shape index (κ3) is 5.23. The van der Waals surface area contributed by atoms with Gasteiger partial charge in [0.1, 0.15) is 11.7 Å². The van der Waals surface area contributed by atoms with E-state index in [1.165, 1.54) is 0 Å². The van der Waals surface area contributed by atoms with Gasteiger partial charge in [-0.1, -0.05) is 24.3 Å². The molecule has 4 rings (SSSR count). The molecule has 0 spiro atoms. The number of carbonyl (C=O) groups is 3. The number of esters is 2. The highest BCUT2D eigenvalue weighted by Gasteiger charge is 2.49. The molecule has 0 amide bonds. The van der Waals surface area contributed by atoms with Crippen LogP contribution in [0.3, 0.4) is 0 Å². The molecule has 0 saturated carbocycles. The molecule has 0 saturated heterocycles. The van der Waals surface area contributed by atoms with Crippen molar-refractivity contribution in [3.8, 4) is 5.75 Å². The van der Waals surface area contributed by atoms with Crippen molar-refractivity contribution in [2.45, 2.75) is 43.9 Å². The van der Waals surface area contributed by atoms with Crippen LogP contribution in [0.25, 0.3) is 0 Å². The Kier molecular flexibility index (Phi) is 8.62. The zero-order valence-corrected chi connectivity index (χ0v) is 23.1. The fourth-order valence-corrected chi connectivity index (χ4v) is 5.74. The second kappa shape index (κ2) is 11.9. The van der Waals surface area contributed by atoms with Crippen molar-refractivity contribution >= 4 is 29.5 Å². The highest BCUT2D eigenvalue weighted by molar-refractivity contribution is 7.98. The normalized spacial score (nSPS) is 21.0. The molecule has 0 aromatic heterocycles. The summed E-state index contributed by atoms with van der Waals surface area (Å²) < 4.78 is 16.2. The number of hydrogen-bond acceptors (Lipinski definition) is 8. The van der Waals surface area contributed by atoms with Gasteiger partial charge in [-0.25, -0.2) is 4.79 Å². The Morgan fingerprint density at radius 1 is 1.03 bits per heavy atom. The summed E-state index contributed by atoms with van der Waals surface area (Å²) in [6, 6.07) is 15.2. The van der Waals surface area contributed by atoms with Gasteiger partial charge in [0.2, 0.25) is 0 Å². The summed E-state index contributed by atoms with van der Waals surface area (Å²) in [5.41, 5.74) is 3.71. The molecule has 2 aromatic rings. The fourth-order valence-electron chi connectivity index (χ4n) is 5.33. The number of ether oxygens (including phenoxy) is 3. The summed E-state index contributed by atoms with van der Waals surface area (Å²) >= 11 is 1.61. The number of hydrogen-bond donors (Lipinski definition) is 1. The molecule has 2 aromatic carbocycles. The average molecular weight is 536 g/mol. The Labute approximate surface area is 227 Å². The van der Waals surface area contributed by atoms with Crippen molar-refractivity contribution in [2.75, 3.05) is 26.6 Å². The molecule has 1 heterocycles. The van der Waals surface area contributed by atoms with E-state index in [9.17, 15) is 14.4 Å². The van der Waals surface area contributed by atoms with Gasteiger partial charge in [0, 0.05) is 33.7 Å². The van der Waals surface area contributed by atoms with E-state index in [-0.39, 0.29) is 19.0 Å². The summed E-state index contributed by atoms with van der Waals surface area (Å²) in [7, 11) is 1.58. The van der Waals surface area contributed by atoms with Crippen LogP contribution in [0.4, 0.5) is 0 Å². The van der Waals surface area contributed by atoms with Gasteiger partial charge in [0.25, 0.3) is 0 Å². The number of allylic oxidation sites excluding steroid dienone is 3. The number of thioether (sulfide) groups is 1. The molecular weight excluding hydrogens is 502 g/mol. The summed E-state index contributed by atoms with van der Waals surface area (Å²) in [5, 5.41) is 3.33. The van der Waals surface area contributed by atoms with E-state index in [4.69, 9.17) is 14.2 Å². The zero-order chi connectivity index (χ0) is 27.4. The third-order valence-electron chi connectivity index (χ3n) is 7.03. The number of dihydropyridines is 1. The van der Waals surface area contributed by atoms with Crippen LogP contribution in [-0.4, -0.2) is 44.3 Å². The number of methoxy groups -OCH3 is 1. The second-order valence-corrected chi connectivity index (χ2v) is 10.0. The highest BCUT2D eigenvalue weighted by atomic mass is 32.2. The van der Waals surface area contributed by atoms with E-state index in [0.717, 1.165) is 16.0 Å². The summed E-state index contributed by atoms with van der Waals surface area (Å²) in [6.07, 6.45) is 2.38. The van der Waals surface area contributed by atoms with Crippen LogP contribution in [0.2, 0.25) is 0 Å². The SMILES string of the molecule is CCOC(=O)C1=C(C)NC2=C(C(=O)[C@H](C(=O)OCC)[C@H](c3cccc(OC)c3)C2)[C@@H]1c1ccc(SC)cc1. The van der Waals surface area contributed by atoms with Crippen LogP contribution >= 0.6 is 11.8 Å². The van der Waals surface area contributed by atoms with Gasteiger partial charge in [0.05, 0.1) is 25.9 Å². The highest BCUT2D eigenvalue weighted by Crippen LogP contribution is 2.48. The molecule has 1 aliphatic carbocycles. The lowest BCUT2D eigenvalue weighted by molar-refractivity contribution is -0.152. The number of nitrogens with one attached hydrogen (secondary N) is 1. The summed E-state index contributed by atoms with van der Waals surface area (Å²) in [6.45, 7) is 5.65. The van der Waals surface area contributed by atoms with Gasteiger partial charge in [-0.3, -0.25) is 9.59 Å². The maximum absolute atomic E-state index is 14.3. The second-order valence-electron chi connectivity index (χ2n) is 9.16. The van der Waals surface area contributed by atoms with Crippen molar-refractivity contribution in [2.24, 2.45) is 5.92 Å². The zero-order valence-electron chi connectivity index (χ0n) is 22.3. The Bertz CT molecular complexity index is 1300. The van der Waals surface area contributed by atoms with Crippen LogP contribution in [0.15, 0.2) is 76.0 Å². The van der Waals surface area contributed by atoms with Crippen molar-refractivity contribution < 1.29 is 28.6 Å². The number of benzene rings is 2. The number of rotatable bonds is 8. The molecular formula is C30H33NO6S. The predicted molar refractivity (Wildman–Crippen MR) is 146 cm³/mol. The van der Waals surface area contributed by atoms with Crippen molar-refractivity contribution in [1.82, 2.24) is 5.32 Å². The lowest BCUT2D eigenvalue weighted by Crippen LogP contribution is -2.43. The minimum Gasteiger partial charge on any atom is -0.497 e. The Morgan fingerprint density at radius 2 is 1.74 bits per heavy atom. The minimum atomic E-state index is -1.06. The largest absolute Gasteiger partial charge is 0.497 e. The number of Topliss-reactive ketones (excluding diaryl/α,β-unsaturated/α-hetero) is 1. The smallest absolute Gasteiger partial charge is 0.336 e. The van der Waals surface area contributed by atoms with E-state index >= 15 is 0 Å². The molecule has 38 heavy (non-hydrogen) atoms. The van der Waals surface area contributed by atoms with Crippen molar-refractivity contribution in [3.63, 3.8) is 0 Å². The molecule has 0 radical (unpaired) electrons. The van der Waals surface area contributed by atoms with Gasteiger partial charge in [-0.2, -0.15) is 0 Å². The molecule has 1 aliphatic heterocycles. The number of carbonyl (C=O) groups excluding carboxylic acids is 3. The topological polar surface area (TPSA) is 90.9 Å². The monoisotopic (exact) mass is 535 g/mol. The lowest BCUT2D eigenvalue weighted by atomic mass is 9.67. The first kappa shape index (κ1) is 27.5. The fraction of sp³-hybridized carbons (Fsp3) is 0.367. The van der Waals surface area contributed by atoms with Crippen molar-refractivity contribution in [1.29, 1.82) is 0 Å². The van der Waals surface area contributed by atoms with E-state index in [1.54, 1.807) is 32.7 Å². The quantitative estimate of drug-likeness (QED) is 0.283. The first-order valence-electron chi connectivity index (χ1n) is 12.7. The van der Waals surface area contributed by atoms with Gasteiger partial charge in [0.15, 0.2) is 5.78 Å². The van der Waals surface area contributed by atoms with Gasteiger partial charge in [-0.05, 0) is 68.8 Å². The molecule has 2 aliphatic rings. The van der Waals surface area contributed by atoms with E-state index in [0.29, 0.717) is 34.7 Å². The summed E-state index contributed by atoms with van der Waals surface area (Å²) in [5.74, 6) is -2.95. The molecule has 7 nitrogen and oxygen atoms in total. The van der Waals surface area contributed by atoms with Gasteiger partial charge in [-0.15, -0.1) is 11.8 Å². The third-order valence-corrected chi connectivity index (χ3v) is 7.77. The van der Waals surface area contributed by atoms with Crippen LogP contribution in [0.5, 0.6) is 5.75 Å². The molecule has 1 N–H and O–H groups in total. The maximum atomic E-state index is 14.3. The lowest BCUT2D eigenvalue weighted by Gasteiger charge is -2.39. The van der Waals surface area contributed by atoms with Crippen LogP contribution in [0, 0.1) is 5.92 Å². The molecule has 200 valence electrons. The predicted octanol–water partition coefficient (Wildman–Crippen LogP) is 5.13. The van der Waals surface area contributed by atoms with Gasteiger partial charge < -0.3 is 19.5 Å². The number of ketones is 1. The molecule has 0 fully saturated rings. The molecule has 3 atom stereocenters. The van der Waals surface area contributed by atoms with E-state index < -0.39 is 29.7 Å². The van der Waals surface area contributed by atoms with Crippen LogP contribution < -0.4 is 10.1 Å². The Hall–Kier alpha value is -3.52. The first-order chi connectivity index (χ1) is 18.3. The van der Waals surface area contributed by atoms with Crippen LogP contribution in [-0.2, 0) is 23.9 Å². The molecule has 8 heteroatoms. The summed E-state index contributed by atoms with van der Waals surface area (Å²) in [4.78, 5) is 41.9. The van der Waals surface area contributed by atoms with E-state index in [2.05, 4.69) is 5.32 Å². The van der Waals surface area contributed by atoms with E-state index in [1.807, 2.05) is 61.7 Å². The Balaban J connectivity index is 1.89. The average Bonchev–Trinajstić information content (AvgIpc) is 2.92. The first-order valence-corrected chi connectivity index (χ1v) is 13.9. The minimum absolute atomic E-state index is 0.157. The van der Waals surface area contributed by atoms with Crippen molar-refractivity contribution in [3.05, 3.63) is 82.2 Å². The Morgan fingerprint density at radius 3 is 2.37 bits per heavy atom. The molecule has 0 bridgehead atoms. The van der Waals surface area contributed by atoms with Crippen LogP contribution in [0.1, 0.15) is 50.2 Å². The standard InChI is InChI=1S/C30H33NO6S/c1-6-36-29(33)24-17(3)31-23-16-22(19-9-8-10-20(15-19)35-4)26(30(34)37-7-2)28(32)27(23)25(24)18-11-13-21(38-5)14-12-18/h8-15,22,25-26,31H,6-7,16H2,1-5H3/t22-,25+,26+/m0/s1.